The van der Waals surface area contributed by atoms with Crippen LogP contribution >= 0.6 is 11.3 Å². The van der Waals surface area contributed by atoms with Crippen molar-refractivity contribution in [2.45, 2.75) is 33.3 Å². The Morgan fingerprint density at radius 3 is 2.70 bits per heavy atom. The molecular formula is C18H19NO3S. The number of anilines is 1. The fourth-order valence-electron chi connectivity index (χ4n) is 2.89. The van der Waals surface area contributed by atoms with E-state index in [2.05, 4.69) is 0 Å². The van der Waals surface area contributed by atoms with Crippen LogP contribution in [0.25, 0.3) is 0 Å². The molecule has 0 unspecified atom stereocenters. The Labute approximate surface area is 139 Å². The van der Waals surface area contributed by atoms with Gasteiger partial charge in [-0.25, -0.2) is 4.79 Å². The van der Waals surface area contributed by atoms with Crippen LogP contribution in [0.4, 0.5) is 5.69 Å². The van der Waals surface area contributed by atoms with Gasteiger partial charge in [-0.2, -0.15) is 0 Å². The number of hydrogen-bond acceptors (Lipinski definition) is 4. The summed E-state index contributed by atoms with van der Waals surface area (Å²) in [7, 11) is 0. The van der Waals surface area contributed by atoms with Crippen molar-refractivity contribution in [1.82, 2.24) is 0 Å². The molecule has 1 aliphatic heterocycles. The van der Waals surface area contributed by atoms with E-state index in [1.54, 1.807) is 23.2 Å². The molecule has 0 bridgehead atoms. The highest BCUT2D eigenvalue weighted by molar-refractivity contribution is 7.12. The van der Waals surface area contributed by atoms with Gasteiger partial charge in [0.15, 0.2) is 6.10 Å². The van der Waals surface area contributed by atoms with E-state index in [-0.39, 0.29) is 5.91 Å². The third kappa shape index (κ3) is 3.01. The maximum Gasteiger partial charge on any atom is 0.340 e. The summed E-state index contributed by atoms with van der Waals surface area (Å²) in [5, 5.41) is 0. The first-order valence-electron chi connectivity index (χ1n) is 7.64. The van der Waals surface area contributed by atoms with Crippen molar-refractivity contribution >= 4 is 28.9 Å². The number of aryl methyl sites for hydroxylation is 2. The summed E-state index contributed by atoms with van der Waals surface area (Å²) in [6.07, 6.45) is 0.0408. The molecule has 1 atom stereocenters. The minimum absolute atomic E-state index is 0.173. The lowest BCUT2D eigenvalue weighted by atomic mass is 10.2. The lowest BCUT2D eigenvalue weighted by Gasteiger charge is -2.21. The quantitative estimate of drug-likeness (QED) is 0.810. The smallest absolute Gasteiger partial charge is 0.340 e. The van der Waals surface area contributed by atoms with E-state index in [0.717, 1.165) is 27.4 Å². The highest BCUT2D eigenvalue weighted by Crippen LogP contribution is 2.28. The molecule has 5 heteroatoms. The van der Waals surface area contributed by atoms with Crippen molar-refractivity contribution in [2.75, 3.05) is 11.4 Å². The van der Waals surface area contributed by atoms with E-state index in [0.29, 0.717) is 12.1 Å². The van der Waals surface area contributed by atoms with E-state index < -0.39 is 12.1 Å². The normalized spacial score (nSPS) is 14.5. The van der Waals surface area contributed by atoms with Gasteiger partial charge in [-0.1, -0.05) is 18.2 Å². The number of carbonyl (C=O) groups is 2. The summed E-state index contributed by atoms with van der Waals surface area (Å²) in [5.74, 6) is -0.604. The Kier molecular flexibility index (Phi) is 4.22. The van der Waals surface area contributed by atoms with E-state index in [1.165, 1.54) is 0 Å². The molecule has 0 saturated carbocycles. The first kappa shape index (κ1) is 15.7. The van der Waals surface area contributed by atoms with Gasteiger partial charge < -0.3 is 9.64 Å². The average Bonchev–Trinajstić information content (AvgIpc) is 3.09. The molecule has 2 heterocycles. The molecule has 0 N–H and O–H groups in total. The molecule has 2 aromatic rings. The Bertz CT molecular complexity index is 765. The summed E-state index contributed by atoms with van der Waals surface area (Å²) < 4.78 is 5.40. The van der Waals surface area contributed by atoms with Crippen molar-refractivity contribution in [1.29, 1.82) is 0 Å². The number of fused-ring (bicyclic) bond motifs is 1. The maximum atomic E-state index is 12.6. The largest absolute Gasteiger partial charge is 0.449 e. The van der Waals surface area contributed by atoms with Crippen molar-refractivity contribution in [2.24, 2.45) is 0 Å². The number of thiophene rings is 1. The molecule has 23 heavy (non-hydrogen) atoms. The summed E-state index contributed by atoms with van der Waals surface area (Å²) in [4.78, 5) is 28.6. The molecule has 0 aliphatic carbocycles. The number of rotatable bonds is 3. The van der Waals surface area contributed by atoms with Crippen LogP contribution in [-0.4, -0.2) is 24.5 Å². The van der Waals surface area contributed by atoms with Crippen LogP contribution in [0.5, 0.6) is 0 Å². The molecule has 1 aliphatic rings. The van der Waals surface area contributed by atoms with Gasteiger partial charge in [0, 0.05) is 22.0 Å². The third-order valence-electron chi connectivity index (χ3n) is 4.05. The second-order valence-electron chi connectivity index (χ2n) is 5.74. The van der Waals surface area contributed by atoms with Crippen LogP contribution in [0.15, 0.2) is 30.3 Å². The molecule has 3 rings (SSSR count). The average molecular weight is 329 g/mol. The van der Waals surface area contributed by atoms with Gasteiger partial charge in [0.05, 0.1) is 5.56 Å². The minimum Gasteiger partial charge on any atom is -0.449 e. The SMILES string of the molecule is Cc1cc(C(=O)O[C@@H](C)C(=O)N2CCc3ccccc32)c(C)s1. The van der Waals surface area contributed by atoms with Crippen molar-refractivity contribution in [3.63, 3.8) is 0 Å². The van der Waals surface area contributed by atoms with Crippen molar-refractivity contribution in [3.05, 3.63) is 51.2 Å². The summed E-state index contributed by atoms with van der Waals surface area (Å²) in [6, 6.07) is 9.65. The van der Waals surface area contributed by atoms with Gasteiger partial charge in [0.1, 0.15) is 0 Å². The first-order valence-corrected chi connectivity index (χ1v) is 8.46. The lowest BCUT2D eigenvalue weighted by Crippen LogP contribution is -2.39. The Hall–Kier alpha value is -2.14. The van der Waals surface area contributed by atoms with Crippen molar-refractivity contribution in [3.8, 4) is 0 Å². The van der Waals surface area contributed by atoms with E-state index in [1.807, 2.05) is 44.2 Å². The predicted molar refractivity (Wildman–Crippen MR) is 91.2 cm³/mol. The molecule has 0 radical (unpaired) electrons. The standard InChI is InChI=1S/C18H19NO3S/c1-11-10-15(13(3)23-11)18(21)22-12(2)17(20)19-9-8-14-6-4-5-7-16(14)19/h4-7,10,12H,8-9H2,1-3H3/t12-/m0/s1. The number of carbonyl (C=O) groups excluding carboxylic acids is 2. The molecule has 1 aromatic heterocycles. The second kappa shape index (κ2) is 6.16. The van der Waals surface area contributed by atoms with E-state index in [4.69, 9.17) is 4.74 Å². The number of amides is 1. The Morgan fingerprint density at radius 2 is 2.00 bits per heavy atom. The van der Waals surface area contributed by atoms with Gasteiger partial charge in [0.25, 0.3) is 5.91 Å². The highest BCUT2D eigenvalue weighted by Gasteiger charge is 2.30. The Morgan fingerprint density at radius 1 is 1.26 bits per heavy atom. The summed E-state index contributed by atoms with van der Waals surface area (Å²) in [6.45, 7) is 6.11. The fourth-order valence-corrected chi connectivity index (χ4v) is 3.81. The maximum absolute atomic E-state index is 12.6. The number of nitrogens with zero attached hydrogens (tertiary/aromatic N) is 1. The number of benzene rings is 1. The van der Waals surface area contributed by atoms with Gasteiger partial charge in [-0.15, -0.1) is 11.3 Å². The summed E-state index contributed by atoms with van der Waals surface area (Å²) >= 11 is 1.55. The number of hydrogen-bond donors (Lipinski definition) is 0. The van der Waals surface area contributed by atoms with Gasteiger partial charge in [-0.3, -0.25) is 4.79 Å². The zero-order valence-corrected chi connectivity index (χ0v) is 14.3. The zero-order valence-electron chi connectivity index (χ0n) is 13.5. The first-order chi connectivity index (χ1) is 11.0. The van der Waals surface area contributed by atoms with E-state index >= 15 is 0 Å². The molecule has 1 amide bonds. The van der Waals surface area contributed by atoms with E-state index in [9.17, 15) is 9.59 Å². The predicted octanol–water partition coefficient (Wildman–Crippen LogP) is 3.50. The highest BCUT2D eigenvalue weighted by atomic mass is 32.1. The number of para-hydroxylation sites is 1. The Balaban J connectivity index is 1.71. The van der Waals surface area contributed by atoms with Crippen LogP contribution in [-0.2, 0) is 16.0 Å². The van der Waals surface area contributed by atoms with Gasteiger partial charge >= 0.3 is 5.97 Å². The van der Waals surface area contributed by atoms with Crippen LogP contribution in [0.1, 0.15) is 32.6 Å². The van der Waals surface area contributed by atoms with Gasteiger partial charge in [-0.05, 0) is 44.9 Å². The zero-order chi connectivity index (χ0) is 16.6. The third-order valence-corrected chi connectivity index (χ3v) is 5.01. The molecule has 4 nitrogen and oxygen atoms in total. The number of ether oxygens (including phenoxy) is 1. The second-order valence-corrected chi connectivity index (χ2v) is 7.20. The monoisotopic (exact) mass is 329 g/mol. The van der Waals surface area contributed by atoms with Crippen LogP contribution in [0.3, 0.4) is 0 Å². The molecule has 120 valence electrons. The van der Waals surface area contributed by atoms with Crippen LogP contribution < -0.4 is 4.90 Å². The van der Waals surface area contributed by atoms with Crippen molar-refractivity contribution < 1.29 is 14.3 Å². The molecule has 0 saturated heterocycles. The molecule has 1 aromatic carbocycles. The lowest BCUT2D eigenvalue weighted by molar-refractivity contribution is -0.126. The molecular weight excluding hydrogens is 310 g/mol. The van der Waals surface area contributed by atoms with Crippen LogP contribution in [0.2, 0.25) is 0 Å². The fraction of sp³-hybridized carbons (Fsp3) is 0.333. The number of esters is 1. The van der Waals surface area contributed by atoms with Gasteiger partial charge in [0.2, 0.25) is 0 Å². The minimum atomic E-state index is -0.798. The topological polar surface area (TPSA) is 46.6 Å². The summed E-state index contributed by atoms with van der Waals surface area (Å²) in [5.41, 5.74) is 2.63. The molecule has 0 fully saturated rings. The van der Waals surface area contributed by atoms with Crippen LogP contribution in [0, 0.1) is 13.8 Å². The molecule has 0 spiro atoms.